The van der Waals surface area contributed by atoms with Crippen molar-refractivity contribution in [3.8, 4) is 0 Å². The highest BCUT2D eigenvalue weighted by Crippen LogP contribution is 2.23. The van der Waals surface area contributed by atoms with Crippen LogP contribution in [-0.4, -0.2) is 25.9 Å². The molecule has 2 N–H and O–H groups in total. The van der Waals surface area contributed by atoms with Crippen molar-refractivity contribution in [1.29, 1.82) is 0 Å². The van der Waals surface area contributed by atoms with Crippen LogP contribution in [0, 0.1) is 5.82 Å². The average molecular weight is 254 g/mol. The second-order valence-electron chi connectivity index (χ2n) is 2.77. The standard InChI is InChI=1S/C8H9ClFNO3S/c9-7-5-6(10)1-2-8(7)11-15(13,14)4-3-12/h1-2,5,11-12H,3-4H2. The molecule has 0 spiro atoms. The Labute approximate surface area is 91.7 Å². The van der Waals surface area contributed by atoms with Crippen LogP contribution < -0.4 is 4.72 Å². The van der Waals surface area contributed by atoms with E-state index in [9.17, 15) is 12.8 Å². The summed E-state index contributed by atoms with van der Waals surface area (Å²) in [6, 6.07) is 3.30. The van der Waals surface area contributed by atoms with Gasteiger partial charge in [-0.05, 0) is 18.2 Å². The molecule has 0 aliphatic carbocycles. The van der Waals surface area contributed by atoms with Gasteiger partial charge in [0.15, 0.2) is 0 Å². The van der Waals surface area contributed by atoms with E-state index < -0.39 is 28.2 Å². The molecule has 0 unspecified atom stereocenters. The van der Waals surface area contributed by atoms with Crippen LogP contribution in [0.1, 0.15) is 0 Å². The number of halogens is 2. The van der Waals surface area contributed by atoms with Crippen LogP contribution in [-0.2, 0) is 10.0 Å². The highest BCUT2D eigenvalue weighted by molar-refractivity contribution is 7.92. The van der Waals surface area contributed by atoms with Crippen molar-refractivity contribution in [3.05, 3.63) is 29.0 Å². The molecular formula is C8H9ClFNO3S. The highest BCUT2D eigenvalue weighted by atomic mass is 35.5. The molecule has 1 aromatic carbocycles. The molecule has 0 aliphatic heterocycles. The topological polar surface area (TPSA) is 66.4 Å². The van der Waals surface area contributed by atoms with Gasteiger partial charge in [-0.3, -0.25) is 4.72 Å². The predicted octanol–water partition coefficient (Wildman–Crippen LogP) is 1.21. The zero-order valence-corrected chi connectivity index (χ0v) is 9.15. The molecule has 0 radical (unpaired) electrons. The minimum atomic E-state index is -3.63. The number of anilines is 1. The number of aliphatic hydroxyl groups is 1. The van der Waals surface area contributed by atoms with Gasteiger partial charge in [-0.2, -0.15) is 0 Å². The monoisotopic (exact) mass is 253 g/mol. The van der Waals surface area contributed by atoms with Gasteiger partial charge in [-0.25, -0.2) is 12.8 Å². The molecule has 0 heterocycles. The van der Waals surface area contributed by atoms with Gasteiger partial charge in [0, 0.05) is 0 Å². The fourth-order valence-electron chi connectivity index (χ4n) is 0.911. The summed E-state index contributed by atoms with van der Waals surface area (Å²) in [5.41, 5.74) is 0.0894. The summed E-state index contributed by atoms with van der Waals surface area (Å²) in [4.78, 5) is 0. The van der Waals surface area contributed by atoms with E-state index in [2.05, 4.69) is 4.72 Å². The zero-order valence-electron chi connectivity index (χ0n) is 7.57. The molecule has 0 atom stereocenters. The number of hydrogen-bond acceptors (Lipinski definition) is 3. The Morgan fingerprint density at radius 3 is 2.67 bits per heavy atom. The Kier molecular flexibility index (Phi) is 3.90. The average Bonchev–Trinajstić information content (AvgIpc) is 2.09. The molecule has 15 heavy (non-hydrogen) atoms. The van der Waals surface area contributed by atoms with Gasteiger partial charge >= 0.3 is 0 Å². The number of sulfonamides is 1. The number of hydrogen-bond donors (Lipinski definition) is 2. The van der Waals surface area contributed by atoms with Crippen LogP contribution in [0.3, 0.4) is 0 Å². The van der Waals surface area contributed by atoms with E-state index in [4.69, 9.17) is 16.7 Å². The molecule has 0 aromatic heterocycles. The third-order valence-corrected chi connectivity index (χ3v) is 3.12. The van der Waals surface area contributed by atoms with E-state index in [1.807, 2.05) is 0 Å². The maximum absolute atomic E-state index is 12.6. The summed E-state index contributed by atoms with van der Waals surface area (Å²) in [5, 5.41) is 8.45. The highest BCUT2D eigenvalue weighted by Gasteiger charge is 2.11. The molecule has 0 aliphatic rings. The Morgan fingerprint density at radius 2 is 2.13 bits per heavy atom. The maximum atomic E-state index is 12.6. The molecule has 84 valence electrons. The van der Waals surface area contributed by atoms with Crippen LogP contribution in [0.15, 0.2) is 18.2 Å². The first kappa shape index (κ1) is 12.2. The second-order valence-corrected chi connectivity index (χ2v) is 5.02. The Bertz CT molecular complexity index is 449. The molecule has 0 amide bonds. The Hall–Kier alpha value is -0.850. The van der Waals surface area contributed by atoms with E-state index in [-0.39, 0.29) is 10.7 Å². The predicted molar refractivity (Wildman–Crippen MR) is 55.9 cm³/mol. The fraction of sp³-hybridized carbons (Fsp3) is 0.250. The van der Waals surface area contributed by atoms with Crippen LogP contribution in [0.5, 0.6) is 0 Å². The van der Waals surface area contributed by atoms with Gasteiger partial charge in [0.1, 0.15) is 5.82 Å². The van der Waals surface area contributed by atoms with Crippen molar-refractivity contribution in [2.24, 2.45) is 0 Å². The molecule has 0 saturated heterocycles. The molecule has 1 aromatic rings. The normalized spacial score (nSPS) is 11.4. The van der Waals surface area contributed by atoms with E-state index in [0.717, 1.165) is 12.1 Å². The first-order valence-electron chi connectivity index (χ1n) is 4.01. The number of nitrogens with one attached hydrogen (secondary N) is 1. The van der Waals surface area contributed by atoms with Crippen LogP contribution in [0.2, 0.25) is 5.02 Å². The fourth-order valence-corrected chi connectivity index (χ4v) is 2.04. The SMILES string of the molecule is O=S(=O)(CCO)Nc1ccc(F)cc1Cl. The largest absolute Gasteiger partial charge is 0.395 e. The van der Waals surface area contributed by atoms with Crippen molar-refractivity contribution < 1.29 is 17.9 Å². The summed E-state index contributed by atoms with van der Waals surface area (Å²) in [6.07, 6.45) is 0. The summed E-state index contributed by atoms with van der Waals surface area (Å²) < 4.78 is 37.2. The third kappa shape index (κ3) is 3.65. The van der Waals surface area contributed by atoms with Gasteiger partial charge in [0.2, 0.25) is 10.0 Å². The maximum Gasteiger partial charge on any atom is 0.235 e. The lowest BCUT2D eigenvalue weighted by molar-refractivity contribution is 0.320. The summed E-state index contributed by atoms with van der Waals surface area (Å²) in [5.74, 6) is -0.981. The molecular weight excluding hydrogens is 245 g/mol. The van der Waals surface area contributed by atoms with Crippen LogP contribution in [0.4, 0.5) is 10.1 Å². The van der Waals surface area contributed by atoms with Gasteiger partial charge < -0.3 is 5.11 Å². The molecule has 4 nitrogen and oxygen atoms in total. The summed E-state index contributed by atoms with van der Waals surface area (Å²) in [6.45, 7) is -0.492. The molecule has 0 bridgehead atoms. The molecule has 0 fully saturated rings. The van der Waals surface area contributed by atoms with Gasteiger partial charge in [-0.1, -0.05) is 11.6 Å². The first-order valence-corrected chi connectivity index (χ1v) is 6.04. The number of aliphatic hydroxyl groups excluding tert-OH is 1. The lowest BCUT2D eigenvalue weighted by Gasteiger charge is -2.08. The third-order valence-electron chi connectivity index (χ3n) is 1.56. The quantitative estimate of drug-likeness (QED) is 0.848. The Morgan fingerprint density at radius 1 is 1.47 bits per heavy atom. The minimum Gasteiger partial charge on any atom is -0.395 e. The van der Waals surface area contributed by atoms with Gasteiger partial charge in [0.25, 0.3) is 0 Å². The minimum absolute atomic E-state index is 0.0310. The van der Waals surface area contributed by atoms with E-state index in [1.54, 1.807) is 0 Å². The number of rotatable bonds is 4. The molecule has 0 saturated carbocycles. The summed E-state index contributed by atoms with van der Waals surface area (Å²) >= 11 is 5.61. The van der Waals surface area contributed by atoms with Crippen LogP contribution >= 0.6 is 11.6 Å². The summed E-state index contributed by atoms with van der Waals surface area (Å²) in [7, 11) is -3.63. The lowest BCUT2D eigenvalue weighted by atomic mass is 10.3. The first-order chi connectivity index (χ1) is 6.94. The van der Waals surface area contributed by atoms with Crippen molar-refractivity contribution in [1.82, 2.24) is 0 Å². The van der Waals surface area contributed by atoms with Crippen molar-refractivity contribution in [2.45, 2.75) is 0 Å². The van der Waals surface area contributed by atoms with Crippen molar-refractivity contribution in [2.75, 3.05) is 17.1 Å². The van der Waals surface area contributed by atoms with Crippen molar-refractivity contribution >= 4 is 27.3 Å². The lowest BCUT2D eigenvalue weighted by Crippen LogP contribution is -2.19. The van der Waals surface area contributed by atoms with Gasteiger partial charge in [-0.15, -0.1) is 0 Å². The second kappa shape index (κ2) is 4.78. The van der Waals surface area contributed by atoms with Gasteiger partial charge in [0.05, 0.1) is 23.1 Å². The smallest absolute Gasteiger partial charge is 0.235 e. The zero-order chi connectivity index (χ0) is 11.5. The van der Waals surface area contributed by atoms with E-state index in [1.165, 1.54) is 6.07 Å². The number of benzene rings is 1. The Balaban J connectivity index is 2.90. The molecule has 1 rings (SSSR count). The molecule has 7 heteroatoms. The van der Waals surface area contributed by atoms with Crippen LogP contribution in [0.25, 0.3) is 0 Å². The van der Waals surface area contributed by atoms with E-state index in [0.29, 0.717) is 0 Å². The van der Waals surface area contributed by atoms with Crippen molar-refractivity contribution in [3.63, 3.8) is 0 Å². The van der Waals surface area contributed by atoms with E-state index >= 15 is 0 Å².